The number of nitrogens with one attached hydrogen (secondary N) is 2. The molecule has 0 radical (unpaired) electrons. The van der Waals surface area contributed by atoms with E-state index in [0.29, 0.717) is 6.04 Å². The van der Waals surface area contributed by atoms with Crippen molar-refractivity contribution in [3.8, 4) is 0 Å². The summed E-state index contributed by atoms with van der Waals surface area (Å²) in [5.74, 6) is 0. The molecule has 1 saturated heterocycles. The summed E-state index contributed by atoms with van der Waals surface area (Å²) in [6.07, 6.45) is 2.54. The fourth-order valence-corrected chi connectivity index (χ4v) is 2.68. The summed E-state index contributed by atoms with van der Waals surface area (Å²) >= 11 is 6.24. The number of aryl methyl sites for hydroxylation is 2. The summed E-state index contributed by atoms with van der Waals surface area (Å²) in [5, 5.41) is 7.76. The van der Waals surface area contributed by atoms with Crippen molar-refractivity contribution in [2.45, 2.75) is 32.7 Å². The number of hydrogen-bond acceptors (Lipinski definition) is 2. The van der Waals surface area contributed by atoms with Gasteiger partial charge in [0, 0.05) is 12.6 Å². The Morgan fingerprint density at radius 3 is 2.88 bits per heavy atom. The van der Waals surface area contributed by atoms with Crippen LogP contribution in [-0.2, 0) is 0 Å². The van der Waals surface area contributed by atoms with Gasteiger partial charge in [0.25, 0.3) is 0 Å². The maximum atomic E-state index is 6.24. The molecule has 16 heavy (non-hydrogen) atoms. The van der Waals surface area contributed by atoms with E-state index in [1.54, 1.807) is 0 Å². The van der Waals surface area contributed by atoms with Crippen molar-refractivity contribution in [2.75, 3.05) is 18.4 Å². The van der Waals surface area contributed by atoms with Gasteiger partial charge < -0.3 is 10.6 Å². The zero-order chi connectivity index (χ0) is 11.5. The van der Waals surface area contributed by atoms with Crippen LogP contribution in [-0.4, -0.2) is 19.1 Å². The van der Waals surface area contributed by atoms with Gasteiger partial charge in [0.2, 0.25) is 0 Å². The maximum absolute atomic E-state index is 6.24. The molecule has 3 heteroatoms. The molecule has 1 aromatic rings. The second-order valence-electron chi connectivity index (χ2n) is 4.61. The largest absolute Gasteiger partial charge is 0.382 e. The molecular formula is C13H19ClN2. The first-order chi connectivity index (χ1) is 7.66. The molecule has 2 nitrogen and oxygen atoms in total. The SMILES string of the molecule is Cc1cc(C)c(NCC2CCCN2)c(Cl)c1. The fourth-order valence-electron chi connectivity index (χ4n) is 2.30. The van der Waals surface area contributed by atoms with Crippen LogP contribution in [0.1, 0.15) is 24.0 Å². The van der Waals surface area contributed by atoms with Crippen LogP contribution in [0.15, 0.2) is 12.1 Å². The van der Waals surface area contributed by atoms with Gasteiger partial charge in [0.05, 0.1) is 10.7 Å². The van der Waals surface area contributed by atoms with Gasteiger partial charge in [-0.1, -0.05) is 17.7 Å². The molecule has 0 saturated carbocycles. The zero-order valence-electron chi connectivity index (χ0n) is 9.94. The van der Waals surface area contributed by atoms with Gasteiger partial charge in [-0.3, -0.25) is 0 Å². The molecule has 1 atom stereocenters. The Kier molecular flexibility index (Phi) is 3.72. The third kappa shape index (κ3) is 2.69. The highest BCUT2D eigenvalue weighted by atomic mass is 35.5. The first-order valence-electron chi connectivity index (χ1n) is 5.91. The summed E-state index contributed by atoms with van der Waals surface area (Å²) in [5.41, 5.74) is 3.52. The van der Waals surface area contributed by atoms with Crippen LogP contribution in [0.2, 0.25) is 5.02 Å². The van der Waals surface area contributed by atoms with Gasteiger partial charge in [-0.25, -0.2) is 0 Å². The van der Waals surface area contributed by atoms with Crippen molar-refractivity contribution in [3.63, 3.8) is 0 Å². The lowest BCUT2D eigenvalue weighted by Crippen LogP contribution is -2.29. The molecular weight excluding hydrogens is 220 g/mol. The lowest BCUT2D eigenvalue weighted by atomic mass is 10.1. The Bertz CT molecular complexity index is 347. The van der Waals surface area contributed by atoms with E-state index in [4.69, 9.17) is 11.6 Å². The summed E-state index contributed by atoms with van der Waals surface area (Å²) in [6.45, 7) is 6.28. The van der Waals surface area contributed by atoms with Gasteiger partial charge in [0.15, 0.2) is 0 Å². The molecule has 0 amide bonds. The Morgan fingerprint density at radius 2 is 2.25 bits per heavy atom. The summed E-state index contributed by atoms with van der Waals surface area (Å²) in [6, 6.07) is 4.77. The van der Waals surface area contributed by atoms with Crippen LogP contribution in [0.25, 0.3) is 0 Å². The number of anilines is 1. The van der Waals surface area contributed by atoms with Crippen LogP contribution < -0.4 is 10.6 Å². The van der Waals surface area contributed by atoms with Gasteiger partial charge >= 0.3 is 0 Å². The van der Waals surface area contributed by atoms with E-state index in [2.05, 4.69) is 30.5 Å². The van der Waals surface area contributed by atoms with Crippen molar-refractivity contribution >= 4 is 17.3 Å². The topological polar surface area (TPSA) is 24.1 Å². The van der Waals surface area contributed by atoms with Crippen molar-refractivity contribution in [1.82, 2.24) is 5.32 Å². The van der Waals surface area contributed by atoms with Gasteiger partial charge in [-0.2, -0.15) is 0 Å². The minimum absolute atomic E-state index is 0.594. The molecule has 2 N–H and O–H groups in total. The summed E-state index contributed by atoms with van der Waals surface area (Å²) < 4.78 is 0. The molecule has 0 bridgehead atoms. The highest BCUT2D eigenvalue weighted by Gasteiger charge is 2.14. The van der Waals surface area contributed by atoms with Crippen molar-refractivity contribution in [1.29, 1.82) is 0 Å². The van der Waals surface area contributed by atoms with E-state index in [1.807, 2.05) is 6.07 Å². The predicted molar refractivity (Wildman–Crippen MR) is 70.4 cm³/mol. The van der Waals surface area contributed by atoms with Gasteiger partial charge in [-0.15, -0.1) is 0 Å². The van der Waals surface area contributed by atoms with Crippen molar-refractivity contribution in [3.05, 3.63) is 28.3 Å². The van der Waals surface area contributed by atoms with Crippen molar-refractivity contribution in [2.24, 2.45) is 0 Å². The molecule has 0 aromatic heterocycles. The number of benzene rings is 1. The Hall–Kier alpha value is -0.730. The van der Waals surface area contributed by atoms with E-state index in [1.165, 1.54) is 24.0 Å². The average molecular weight is 239 g/mol. The molecule has 1 fully saturated rings. The average Bonchev–Trinajstić information content (AvgIpc) is 2.68. The lowest BCUT2D eigenvalue weighted by Gasteiger charge is -2.16. The zero-order valence-corrected chi connectivity index (χ0v) is 10.7. The van der Waals surface area contributed by atoms with Gasteiger partial charge in [-0.05, 0) is 50.4 Å². The van der Waals surface area contributed by atoms with E-state index < -0.39 is 0 Å². The van der Waals surface area contributed by atoms with Crippen LogP contribution in [0.3, 0.4) is 0 Å². The lowest BCUT2D eigenvalue weighted by molar-refractivity contribution is 0.633. The van der Waals surface area contributed by atoms with Crippen molar-refractivity contribution < 1.29 is 0 Å². The third-order valence-corrected chi connectivity index (χ3v) is 3.42. The Labute approximate surface area is 102 Å². The first kappa shape index (κ1) is 11.7. The molecule has 0 spiro atoms. The quantitative estimate of drug-likeness (QED) is 0.846. The smallest absolute Gasteiger partial charge is 0.0642 e. The molecule has 1 aromatic carbocycles. The van der Waals surface area contributed by atoms with Crippen LogP contribution in [0.5, 0.6) is 0 Å². The minimum atomic E-state index is 0.594. The second-order valence-corrected chi connectivity index (χ2v) is 5.02. The monoisotopic (exact) mass is 238 g/mol. The molecule has 1 heterocycles. The standard InChI is InChI=1S/C13H19ClN2/c1-9-6-10(2)13(12(14)7-9)16-8-11-4-3-5-15-11/h6-7,11,15-16H,3-5,8H2,1-2H3. The number of rotatable bonds is 3. The van der Waals surface area contributed by atoms with E-state index in [-0.39, 0.29) is 0 Å². The summed E-state index contributed by atoms with van der Waals surface area (Å²) in [4.78, 5) is 0. The van der Waals surface area contributed by atoms with E-state index in [0.717, 1.165) is 23.8 Å². The highest BCUT2D eigenvalue weighted by Crippen LogP contribution is 2.27. The Balaban J connectivity index is 2.03. The molecule has 2 rings (SSSR count). The van der Waals surface area contributed by atoms with E-state index >= 15 is 0 Å². The fraction of sp³-hybridized carbons (Fsp3) is 0.538. The van der Waals surface area contributed by atoms with Crippen LogP contribution >= 0.6 is 11.6 Å². The van der Waals surface area contributed by atoms with Gasteiger partial charge in [0.1, 0.15) is 0 Å². The minimum Gasteiger partial charge on any atom is -0.382 e. The first-order valence-corrected chi connectivity index (χ1v) is 6.28. The highest BCUT2D eigenvalue weighted by molar-refractivity contribution is 6.33. The molecule has 1 unspecified atom stereocenters. The van der Waals surface area contributed by atoms with Crippen LogP contribution in [0.4, 0.5) is 5.69 Å². The molecule has 1 aliphatic heterocycles. The Morgan fingerprint density at radius 1 is 1.44 bits per heavy atom. The normalized spacial score (nSPS) is 20.1. The number of hydrogen-bond donors (Lipinski definition) is 2. The van der Waals surface area contributed by atoms with E-state index in [9.17, 15) is 0 Å². The predicted octanol–water partition coefficient (Wildman–Crippen LogP) is 3.12. The second kappa shape index (κ2) is 5.07. The number of halogens is 1. The molecule has 0 aliphatic carbocycles. The maximum Gasteiger partial charge on any atom is 0.0642 e. The molecule has 1 aliphatic rings. The third-order valence-electron chi connectivity index (χ3n) is 3.12. The molecule has 88 valence electrons. The van der Waals surface area contributed by atoms with Crippen LogP contribution in [0, 0.1) is 13.8 Å². The summed E-state index contributed by atoms with van der Waals surface area (Å²) in [7, 11) is 0.